The minimum absolute atomic E-state index is 0.0413. The Labute approximate surface area is 150 Å². The Morgan fingerprint density at radius 1 is 1.32 bits per heavy atom. The van der Waals surface area contributed by atoms with Gasteiger partial charge >= 0.3 is 6.03 Å². The van der Waals surface area contributed by atoms with Crippen molar-refractivity contribution in [2.24, 2.45) is 0 Å². The fourth-order valence-corrected chi connectivity index (χ4v) is 2.84. The Morgan fingerprint density at radius 3 is 2.80 bits per heavy atom. The van der Waals surface area contributed by atoms with E-state index in [2.05, 4.69) is 15.3 Å². The zero-order valence-corrected chi connectivity index (χ0v) is 14.6. The van der Waals surface area contributed by atoms with E-state index < -0.39 is 0 Å². The fourth-order valence-electron chi connectivity index (χ4n) is 2.67. The molecule has 7 nitrogen and oxygen atoms in total. The molecule has 0 atom stereocenters. The number of aromatic nitrogens is 2. The average Bonchev–Trinajstić information content (AvgIpc) is 2.63. The molecule has 3 rings (SSSR count). The van der Waals surface area contributed by atoms with Crippen LogP contribution in [0.2, 0.25) is 5.02 Å². The number of ether oxygens (including phenoxy) is 2. The third-order valence-electron chi connectivity index (χ3n) is 3.97. The van der Waals surface area contributed by atoms with E-state index >= 15 is 0 Å². The SMILES string of the molecule is COc1ccc(Cl)cc1NC(=O)N1CCC(Oc2ccncn2)CC1. The van der Waals surface area contributed by atoms with Gasteiger partial charge in [0.15, 0.2) is 0 Å². The second kappa shape index (κ2) is 8.02. The first-order valence-electron chi connectivity index (χ1n) is 7.98. The summed E-state index contributed by atoms with van der Waals surface area (Å²) >= 11 is 5.99. The van der Waals surface area contributed by atoms with Crippen LogP contribution in [-0.4, -0.2) is 47.2 Å². The van der Waals surface area contributed by atoms with Crippen molar-refractivity contribution in [2.75, 3.05) is 25.5 Å². The summed E-state index contributed by atoms with van der Waals surface area (Å²) in [6, 6.07) is 6.65. The van der Waals surface area contributed by atoms with Gasteiger partial charge in [-0.15, -0.1) is 0 Å². The van der Waals surface area contributed by atoms with E-state index in [-0.39, 0.29) is 12.1 Å². The van der Waals surface area contributed by atoms with E-state index in [0.717, 1.165) is 12.8 Å². The van der Waals surface area contributed by atoms with E-state index in [0.29, 0.717) is 35.4 Å². The van der Waals surface area contributed by atoms with Gasteiger partial charge in [0, 0.05) is 43.2 Å². The Morgan fingerprint density at radius 2 is 2.12 bits per heavy atom. The third-order valence-corrected chi connectivity index (χ3v) is 4.21. The number of hydrogen-bond acceptors (Lipinski definition) is 5. The molecule has 2 aromatic rings. The van der Waals surface area contributed by atoms with Crippen LogP contribution in [0.25, 0.3) is 0 Å². The topological polar surface area (TPSA) is 76.6 Å². The number of carbonyl (C=O) groups is 1. The zero-order chi connectivity index (χ0) is 17.6. The second-order valence-electron chi connectivity index (χ2n) is 5.63. The first kappa shape index (κ1) is 17.3. The van der Waals surface area contributed by atoms with Gasteiger partial charge in [0.2, 0.25) is 5.88 Å². The van der Waals surface area contributed by atoms with Crippen LogP contribution < -0.4 is 14.8 Å². The maximum absolute atomic E-state index is 12.5. The van der Waals surface area contributed by atoms with Crippen molar-refractivity contribution in [1.29, 1.82) is 0 Å². The lowest BCUT2D eigenvalue weighted by molar-refractivity contribution is 0.111. The lowest BCUT2D eigenvalue weighted by Crippen LogP contribution is -2.43. The van der Waals surface area contributed by atoms with Gasteiger partial charge in [-0.1, -0.05) is 11.6 Å². The Bertz CT molecular complexity index is 721. The van der Waals surface area contributed by atoms with Crippen LogP contribution in [0.1, 0.15) is 12.8 Å². The van der Waals surface area contributed by atoms with Gasteiger partial charge in [-0.25, -0.2) is 14.8 Å². The van der Waals surface area contributed by atoms with Crippen molar-refractivity contribution in [3.05, 3.63) is 41.8 Å². The Balaban J connectivity index is 1.54. The van der Waals surface area contributed by atoms with Crippen LogP contribution in [0.3, 0.4) is 0 Å². The summed E-state index contributed by atoms with van der Waals surface area (Å²) in [5, 5.41) is 3.39. The van der Waals surface area contributed by atoms with E-state index in [1.807, 2.05) is 0 Å². The molecule has 25 heavy (non-hydrogen) atoms. The third kappa shape index (κ3) is 4.51. The number of nitrogens with zero attached hydrogens (tertiary/aromatic N) is 3. The van der Waals surface area contributed by atoms with Crippen LogP contribution in [0.15, 0.2) is 36.8 Å². The highest BCUT2D eigenvalue weighted by molar-refractivity contribution is 6.31. The standard InChI is InChI=1S/C17H19ClN4O3/c1-24-15-3-2-12(18)10-14(15)21-17(23)22-8-5-13(6-9-22)25-16-4-7-19-11-20-16/h2-4,7,10-11,13H,5-6,8-9H2,1H3,(H,21,23). The summed E-state index contributed by atoms with van der Waals surface area (Å²) in [5.74, 6) is 1.13. The monoisotopic (exact) mass is 362 g/mol. The molecule has 0 saturated carbocycles. The van der Waals surface area contributed by atoms with Crippen molar-refractivity contribution in [3.8, 4) is 11.6 Å². The Kier molecular flexibility index (Phi) is 5.55. The van der Waals surface area contributed by atoms with Crippen LogP contribution >= 0.6 is 11.6 Å². The number of halogens is 1. The summed E-state index contributed by atoms with van der Waals surface area (Å²) in [5.41, 5.74) is 0.555. The molecule has 0 radical (unpaired) electrons. The summed E-state index contributed by atoms with van der Waals surface area (Å²) < 4.78 is 11.1. The summed E-state index contributed by atoms with van der Waals surface area (Å²) in [7, 11) is 1.55. The van der Waals surface area contributed by atoms with Crippen LogP contribution in [0.5, 0.6) is 11.6 Å². The molecule has 0 aliphatic carbocycles. The molecule has 1 aliphatic heterocycles. The molecule has 0 bridgehead atoms. The number of nitrogens with one attached hydrogen (secondary N) is 1. The van der Waals surface area contributed by atoms with E-state index in [1.165, 1.54) is 6.33 Å². The van der Waals surface area contributed by atoms with Crippen LogP contribution in [0.4, 0.5) is 10.5 Å². The van der Waals surface area contributed by atoms with Gasteiger partial charge in [-0.05, 0) is 18.2 Å². The second-order valence-corrected chi connectivity index (χ2v) is 6.06. The van der Waals surface area contributed by atoms with Crippen molar-refractivity contribution in [3.63, 3.8) is 0 Å². The number of benzene rings is 1. The van der Waals surface area contributed by atoms with Crippen molar-refractivity contribution < 1.29 is 14.3 Å². The number of urea groups is 1. The molecule has 1 saturated heterocycles. The summed E-state index contributed by atoms with van der Waals surface area (Å²) in [4.78, 5) is 22.1. The molecule has 1 aliphatic rings. The molecular weight excluding hydrogens is 344 g/mol. The normalized spacial score (nSPS) is 14.9. The predicted octanol–water partition coefficient (Wildman–Crippen LogP) is 3.21. The summed E-state index contributed by atoms with van der Waals surface area (Å²) in [6.07, 6.45) is 4.62. The number of hydrogen-bond donors (Lipinski definition) is 1. The number of amides is 2. The van der Waals surface area contributed by atoms with Crippen LogP contribution in [0, 0.1) is 0 Å². The Hall–Kier alpha value is -2.54. The number of likely N-dealkylation sites (tertiary alicyclic amines) is 1. The molecule has 1 N–H and O–H groups in total. The first-order chi connectivity index (χ1) is 12.2. The van der Waals surface area contributed by atoms with Crippen molar-refractivity contribution >= 4 is 23.3 Å². The molecule has 1 aromatic carbocycles. The maximum Gasteiger partial charge on any atom is 0.321 e. The van der Waals surface area contributed by atoms with Crippen LogP contribution in [-0.2, 0) is 0 Å². The van der Waals surface area contributed by atoms with Crippen molar-refractivity contribution in [1.82, 2.24) is 14.9 Å². The van der Waals surface area contributed by atoms with Gasteiger partial charge in [-0.2, -0.15) is 0 Å². The highest BCUT2D eigenvalue weighted by Gasteiger charge is 2.24. The molecular formula is C17H19ClN4O3. The number of anilines is 1. The zero-order valence-electron chi connectivity index (χ0n) is 13.8. The first-order valence-corrected chi connectivity index (χ1v) is 8.35. The molecule has 0 unspecified atom stereocenters. The quantitative estimate of drug-likeness (QED) is 0.903. The highest BCUT2D eigenvalue weighted by Crippen LogP contribution is 2.28. The fraction of sp³-hybridized carbons (Fsp3) is 0.353. The van der Waals surface area contributed by atoms with Gasteiger partial charge < -0.3 is 19.7 Å². The maximum atomic E-state index is 12.5. The van der Waals surface area contributed by atoms with Crippen molar-refractivity contribution in [2.45, 2.75) is 18.9 Å². The molecule has 1 aromatic heterocycles. The van der Waals surface area contributed by atoms with E-state index in [4.69, 9.17) is 21.1 Å². The van der Waals surface area contributed by atoms with Gasteiger partial charge in [0.1, 0.15) is 18.2 Å². The molecule has 0 spiro atoms. The average molecular weight is 363 g/mol. The lowest BCUT2D eigenvalue weighted by Gasteiger charge is -2.32. The molecule has 2 heterocycles. The molecule has 1 fully saturated rings. The van der Waals surface area contributed by atoms with E-state index in [9.17, 15) is 4.79 Å². The number of carbonyl (C=O) groups excluding carboxylic acids is 1. The predicted molar refractivity (Wildman–Crippen MR) is 94.3 cm³/mol. The number of piperidine rings is 1. The highest BCUT2D eigenvalue weighted by atomic mass is 35.5. The smallest absolute Gasteiger partial charge is 0.321 e. The minimum Gasteiger partial charge on any atom is -0.495 e. The molecule has 132 valence electrons. The largest absolute Gasteiger partial charge is 0.495 e. The van der Waals surface area contributed by atoms with Gasteiger partial charge in [0.05, 0.1) is 12.8 Å². The van der Waals surface area contributed by atoms with E-state index in [1.54, 1.807) is 42.5 Å². The lowest BCUT2D eigenvalue weighted by atomic mass is 10.1. The van der Waals surface area contributed by atoms with Gasteiger partial charge in [0.25, 0.3) is 0 Å². The number of methoxy groups -OCH3 is 1. The van der Waals surface area contributed by atoms with Gasteiger partial charge in [-0.3, -0.25) is 0 Å². The number of rotatable bonds is 4. The molecule has 8 heteroatoms. The minimum atomic E-state index is -0.180. The summed E-state index contributed by atoms with van der Waals surface area (Å²) in [6.45, 7) is 1.20. The molecule has 2 amide bonds.